The van der Waals surface area contributed by atoms with Gasteiger partial charge in [-0.15, -0.1) is 0 Å². The van der Waals surface area contributed by atoms with Crippen LogP contribution < -0.4 is 10.6 Å². The maximum absolute atomic E-state index is 12.2. The third-order valence-electron chi connectivity index (χ3n) is 4.27. The summed E-state index contributed by atoms with van der Waals surface area (Å²) in [5, 5.41) is 15.4. The summed E-state index contributed by atoms with van der Waals surface area (Å²) in [6, 6.07) is 6.38. The van der Waals surface area contributed by atoms with E-state index in [0.717, 1.165) is 16.0 Å². The summed E-state index contributed by atoms with van der Waals surface area (Å²) >= 11 is 0. The smallest absolute Gasteiger partial charge is 0.325 e. The molecule has 0 radical (unpaired) electrons. The van der Waals surface area contributed by atoms with Gasteiger partial charge in [-0.2, -0.15) is 0 Å². The predicted molar refractivity (Wildman–Crippen MR) is 81.4 cm³/mol. The second kappa shape index (κ2) is 5.34. The molecule has 122 valence electrons. The monoisotopic (exact) mass is 317 g/mol. The van der Waals surface area contributed by atoms with Gasteiger partial charge in [-0.3, -0.25) is 14.5 Å². The lowest BCUT2D eigenvalue weighted by Gasteiger charge is -2.20. The molecule has 4 amide bonds. The van der Waals surface area contributed by atoms with Crippen molar-refractivity contribution in [2.75, 3.05) is 6.54 Å². The summed E-state index contributed by atoms with van der Waals surface area (Å²) in [4.78, 5) is 37.0. The molecule has 1 aliphatic carbocycles. The van der Waals surface area contributed by atoms with Gasteiger partial charge in [-0.1, -0.05) is 24.3 Å². The Morgan fingerprint density at radius 3 is 2.74 bits per heavy atom. The number of aliphatic hydroxyl groups is 1. The van der Waals surface area contributed by atoms with Crippen LogP contribution in [0, 0.1) is 0 Å². The van der Waals surface area contributed by atoms with Gasteiger partial charge in [0.05, 0.1) is 12.1 Å². The average Bonchev–Trinajstić information content (AvgIpc) is 2.88. The quantitative estimate of drug-likeness (QED) is 0.688. The fourth-order valence-corrected chi connectivity index (χ4v) is 3.07. The standard InChI is InChI=1S/C16H19N3O4/c1-16(2)14(22)19(15(23)18-16)8-12(21)17-13-10-6-4-3-5-9(10)7-11(13)20/h3-6,11,13,20H,7-8H2,1-2H3,(H,17,21)(H,18,23)/t11-,13+/m0/s1. The van der Waals surface area contributed by atoms with Crippen LogP contribution in [0.25, 0.3) is 0 Å². The molecule has 3 N–H and O–H groups in total. The van der Waals surface area contributed by atoms with E-state index in [2.05, 4.69) is 10.6 Å². The number of carbonyl (C=O) groups excluding carboxylic acids is 3. The maximum Gasteiger partial charge on any atom is 0.325 e. The lowest BCUT2D eigenvalue weighted by molar-refractivity contribution is -0.134. The molecule has 2 atom stereocenters. The molecule has 2 aliphatic rings. The highest BCUT2D eigenvalue weighted by Crippen LogP contribution is 2.31. The van der Waals surface area contributed by atoms with E-state index in [1.54, 1.807) is 13.8 Å². The Morgan fingerprint density at radius 1 is 1.39 bits per heavy atom. The van der Waals surface area contributed by atoms with Gasteiger partial charge in [0.15, 0.2) is 0 Å². The van der Waals surface area contributed by atoms with Crippen molar-refractivity contribution in [3.05, 3.63) is 35.4 Å². The molecule has 1 aromatic carbocycles. The number of nitrogens with one attached hydrogen (secondary N) is 2. The summed E-state index contributed by atoms with van der Waals surface area (Å²) in [6.07, 6.45) is -0.243. The van der Waals surface area contributed by atoms with Crippen LogP contribution in [-0.2, 0) is 16.0 Å². The number of amides is 4. The Morgan fingerprint density at radius 2 is 2.09 bits per heavy atom. The van der Waals surface area contributed by atoms with E-state index >= 15 is 0 Å². The molecule has 0 aromatic heterocycles. The largest absolute Gasteiger partial charge is 0.390 e. The van der Waals surface area contributed by atoms with Crippen molar-refractivity contribution in [1.82, 2.24) is 15.5 Å². The van der Waals surface area contributed by atoms with Gasteiger partial charge in [0.2, 0.25) is 5.91 Å². The number of rotatable bonds is 3. The Labute approximate surface area is 133 Å². The van der Waals surface area contributed by atoms with Crippen LogP contribution >= 0.6 is 0 Å². The van der Waals surface area contributed by atoms with Crippen LogP contribution in [0.1, 0.15) is 31.0 Å². The molecule has 0 unspecified atom stereocenters. The fraction of sp³-hybridized carbons (Fsp3) is 0.438. The Balaban J connectivity index is 1.69. The second-order valence-electron chi connectivity index (χ2n) is 6.46. The molecule has 0 spiro atoms. The van der Waals surface area contributed by atoms with Crippen molar-refractivity contribution in [2.45, 2.75) is 38.0 Å². The lowest BCUT2D eigenvalue weighted by atomic mass is 10.1. The Hall–Kier alpha value is -2.41. The summed E-state index contributed by atoms with van der Waals surface area (Å²) in [7, 11) is 0. The first-order chi connectivity index (χ1) is 10.8. The molecule has 1 heterocycles. The lowest BCUT2D eigenvalue weighted by Crippen LogP contribution is -2.44. The van der Waals surface area contributed by atoms with Gasteiger partial charge in [0.1, 0.15) is 12.1 Å². The Kier molecular flexibility index (Phi) is 3.60. The summed E-state index contributed by atoms with van der Waals surface area (Å²) in [5.41, 5.74) is 0.851. The van der Waals surface area contributed by atoms with Gasteiger partial charge in [0.25, 0.3) is 5.91 Å². The maximum atomic E-state index is 12.2. The van der Waals surface area contributed by atoms with Gasteiger partial charge >= 0.3 is 6.03 Å². The van der Waals surface area contributed by atoms with Crippen molar-refractivity contribution >= 4 is 17.8 Å². The Bertz CT molecular complexity index is 686. The summed E-state index contributed by atoms with van der Waals surface area (Å²) < 4.78 is 0. The fourth-order valence-electron chi connectivity index (χ4n) is 3.07. The number of nitrogens with zero attached hydrogens (tertiary/aromatic N) is 1. The molecular weight excluding hydrogens is 298 g/mol. The highest BCUT2D eigenvalue weighted by atomic mass is 16.3. The highest BCUT2D eigenvalue weighted by Gasteiger charge is 2.45. The number of carbonyl (C=O) groups is 3. The zero-order valence-electron chi connectivity index (χ0n) is 13.0. The molecule has 7 heteroatoms. The molecule has 7 nitrogen and oxygen atoms in total. The average molecular weight is 317 g/mol. The van der Waals surface area contributed by atoms with Crippen LogP contribution in [-0.4, -0.2) is 46.0 Å². The number of benzene rings is 1. The van der Waals surface area contributed by atoms with Gasteiger partial charge in [0, 0.05) is 6.42 Å². The van der Waals surface area contributed by atoms with Crippen LogP contribution in [0.4, 0.5) is 4.79 Å². The van der Waals surface area contributed by atoms with E-state index in [4.69, 9.17) is 0 Å². The van der Waals surface area contributed by atoms with Crippen molar-refractivity contribution in [2.24, 2.45) is 0 Å². The molecule has 23 heavy (non-hydrogen) atoms. The van der Waals surface area contributed by atoms with Gasteiger partial charge < -0.3 is 15.7 Å². The molecule has 3 rings (SSSR count). The zero-order valence-corrected chi connectivity index (χ0v) is 13.0. The zero-order chi connectivity index (χ0) is 16.8. The number of urea groups is 1. The normalized spacial score (nSPS) is 25.3. The molecule has 1 aliphatic heterocycles. The number of hydrogen-bond donors (Lipinski definition) is 3. The first kappa shape index (κ1) is 15.5. The minimum Gasteiger partial charge on any atom is -0.390 e. The van der Waals surface area contributed by atoms with E-state index in [0.29, 0.717) is 6.42 Å². The topological polar surface area (TPSA) is 98.7 Å². The molecular formula is C16H19N3O4. The number of hydrogen-bond acceptors (Lipinski definition) is 4. The summed E-state index contributed by atoms with van der Waals surface area (Å²) in [5.74, 6) is -0.919. The molecule has 0 saturated carbocycles. The molecule has 0 bridgehead atoms. The van der Waals surface area contributed by atoms with Crippen molar-refractivity contribution in [3.63, 3.8) is 0 Å². The van der Waals surface area contributed by atoms with Crippen molar-refractivity contribution in [1.29, 1.82) is 0 Å². The first-order valence-electron chi connectivity index (χ1n) is 7.49. The third kappa shape index (κ3) is 2.68. The first-order valence-corrected chi connectivity index (χ1v) is 7.49. The summed E-state index contributed by atoms with van der Waals surface area (Å²) in [6.45, 7) is 2.81. The van der Waals surface area contributed by atoms with Crippen LogP contribution in [0.15, 0.2) is 24.3 Å². The van der Waals surface area contributed by atoms with Crippen LogP contribution in [0.2, 0.25) is 0 Å². The minimum atomic E-state index is -1.00. The van der Waals surface area contributed by atoms with E-state index in [1.165, 1.54) is 0 Å². The minimum absolute atomic E-state index is 0.362. The highest BCUT2D eigenvalue weighted by molar-refractivity contribution is 6.08. The van der Waals surface area contributed by atoms with Crippen molar-refractivity contribution in [3.8, 4) is 0 Å². The molecule has 1 aromatic rings. The SMILES string of the molecule is CC1(C)NC(=O)N(CC(=O)N[C@@H]2c3ccccc3C[C@@H]2O)C1=O. The van der Waals surface area contributed by atoms with E-state index in [9.17, 15) is 19.5 Å². The van der Waals surface area contributed by atoms with E-state index in [1.807, 2.05) is 24.3 Å². The van der Waals surface area contributed by atoms with E-state index < -0.39 is 35.5 Å². The van der Waals surface area contributed by atoms with Gasteiger partial charge in [-0.25, -0.2) is 4.79 Å². The predicted octanol–water partition coefficient (Wildman–Crippen LogP) is 0.0913. The number of imide groups is 1. The molecule has 1 fully saturated rings. The van der Waals surface area contributed by atoms with Crippen molar-refractivity contribution < 1.29 is 19.5 Å². The third-order valence-corrected chi connectivity index (χ3v) is 4.27. The molecule has 1 saturated heterocycles. The second-order valence-corrected chi connectivity index (χ2v) is 6.46. The van der Waals surface area contributed by atoms with Crippen LogP contribution in [0.5, 0.6) is 0 Å². The van der Waals surface area contributed by atoms with Gasteiger partial charge in [-0.05, 0) is 25.0 Å². The number of fused-ring (bicyclic) bond motifs is 1. The van der Waals surface area contributed by atoms with E-state index in [-0.39, 0.29) is 6.54 Å². The number of aliphatic hydroxyl groups excluding tert-OH is 1. The van der Waals surface area contributed by atoms with Crippen LogP contribution in [0.3, 0.4) is 0 Å².